The maximum absolute atomic E-state index is 11.1. The van der Waals surface area contributed by atoms with Crippen LogP contribution in [0.5, 0.6) is 0 Å². The Morgan fingerprint density at radius 2 is 1.59 bits per heavy atom. The van der Waals surface area contributed by atoms with Gasteiger partial charge in [-0.25, -0.2) is 0 Å². The Kier molecular flexibility index (Phi) is 4.70. The summed E-state index contributed by atoms with van der Waals surface area (Å²) in [5, 5.41) is 0. The highest BCUT2D eigenvalue weighted by Crippen LogP contribution is 2.22. The highest BCUT2D eigenvalue weighted by atomic mass is 16.3. The normalized spacial score (nSPS) is 9.41. The molecule has 0 N–H and O–H groups in total. The van der Waals surface area contributed by atoms with Crippen molar-refractivity contribution in [1.29, 1.82) is 0 Å². The zero-order valence-electron chi connectivity index (χ0n) is 10.8. The van der Waals surface area contributed by atoms with Gasteiger partial charge >= 0.3 is 0 Å². The van der Waals surface area contributed by atoms with Gasteiger partial charge in [0, 0.05) is 12.5 Å². The molecular formula is C15H18O2. The van der Waals surface area contributed by atoms with Crippen LogP contribution in [0.3, 0.4) is 0 Å². The lowest BCUT2D eigenvalue weighted by molar-refractivity contribution is 0.0988. The molecule has 0 aliphatic rings. The van der Waals surface area contributed by atoms with Crippen molar-refractivity contribution in [2.45, 2.75) is 27.7 Å². The molecule has 1 aromatic heterocycles. The van der Waals surface area contributed by atoms with Gasteiger partial charge in [-0.1, -0.05) is 43.7 Å². The number of hydrogen-bond acceptors (Lipinski definition) is 2. The van der Waals surface area contributed by atoms with Crippen LogP contribution in [0.4, 0.5) is 0 Å². The van der Waals surface area contributed by atoms with Crippen LogP contribution in [0.1, 0.15) is 36.9 Å². The monoisotopic (exact) mass is 230 g/mol. The maximum Gasteiger partial charge on any atom is 0.194 e. The van der Waals surface area contributed by atoms with Crippen LogP contribution >= 0.6 is 0 Å². The molecule has 0 aliphatic heterocycles. The fourth-order valence-corrected chi connectivity index (χ4v) is 1.40. The van der Waals surface area contributed by atoms with Gasteiger partial charge < -0.3 is 4.42 Å². The summed E-state index contributed by atoms with van der Waals surface area (Å²) in [4.78, 5) is 11.1. The Bertz CT molecular complexity index is 478. The predicted molar refractivity (Wildman–Crippen MR) is 70.2 cm³/mol. The number of hydrogen-bond donors (Lipinski definition) is 0. The number of aryl methyl sites for hydroxylation is 1. The molecule has 1 heterocycles. The lowest BCUT2D eigenvalue weighted by atomic mass is 10.1. The Labute approximate surface area is 102 Å². The molecule has 0 spiro atoms. The molecule has 0 aliphatic carbocycles. The number of rotatable bonds is 2. The van der Waals surface area contributed by atoms with Crippen LogP contribution in [-0.4, -0.2) is 5.78 Å². The SMILES string of the molecule is CC.CC(=O)c1ccc(-c2ccc(C)cc2)o1. The summed E-state index contributed by atoms with van der Waals surface area (Å²) in [5.74, 6) is 1.10. The molecule has 17 heavy (non-hydrogen) atoms. The zero-order chi connectivity index (χ0) is 12.8. The van der Waals surface area contributed by atoms with E-state index in [-0.39, 0.29) is 5.78 Å². The first kappa shape index (κ1) is 13.2. The van der Waals surface area contributed by atoms with Crippen LogP contribution < -0.4 is 0 Å². The van der Waals surface area contributed by atoms with E-state index >= 15 is 0 Å². The van der Waals surface area contributed by atoms with Crippen molar-refractivity contribution in [1.82, 2.24) is 0 Å². The van der Waals surface area contributed by atoms with E-state index in [1.807, 2.05) is 51.1 Å². The molecule has 0 saturated carbocycles. The number of ketones is 1. The molecule has 0 radical (unpaired) electrons. The second-order valence-electron chi connectivity index (χ2n) is 3.59. The summed E-state index contributed by atoms with van der Waals surface area (Å²) in [7, 11) is 0. The third-order valence-corrected chi connectivity index (χ3v) is 2.29. The molecule has 0 atom stereocenters. The number of carbonyl (C=O) groups is 1. The maximum atomic E-state index is 11.1. The molecule has 0 amide bonds. The van der Waals surface area contributed by atoms with Crippen molar-refractivity contribution >= 4 is 5.78 Å². The van der Waals surface area contributed by atoms with Gasteiger partial charge in [0.1, 0.15) is 5.76 Å². The lowest BCUT2D eigenvalue weighted by Gasteiger charge is -1.97. The van der Waals surface area contributed by atoms with Crippen molar-refractivity contribution in [3.63, 3.8) is 0 Å². The highest BCUT2D eigenvalue weighted by Gasteiger charge is 2.07. The molecule has 0 fully saturated rings. The van der Waals surface area contributed by atoms with E-state index in [1.54, 1.807) is 6.07 Å². The molecule has 0 saturated heterocycles. The van der Waals surface area contributed by atoms with Gasteiger partial charge in [0.25, 0.3) is 0 Å². The summed E-state index contributed by atoms with van der Waals surface area (Å²) < 4.78 is 5.42. The van der Waals surface area contributed by atoms with Gasteiger partial charge in [0.2, 0.25) is 0 Å². The number of Topliss-reactive ketones (excluding diaryl/α,β-unsaturated/α-hetero) is 1. The Hall–Kier alpha value is -1.83. The molecule has 1 aromatic carbocycles. The average molecular weight is 230 g/mol. The molecule has 0 unspecified atom stereocenters. The molecule has 2 nitrogen and oxygen atoms in total. The van der Waals surface area contributed by atoms with Crippen molar-refractivity contribution in [3.8, 4) is 11.3 Å². The minimum absolute atomic E-state index is 0.0478. The molecular weight excluding hydrogens is 212 g/mol. The quantitative estimate of drug-likeness (QED) is 0.712. The summed E-state index contributed by atoms with van der Waals surface area (Å²) in [6.45, 7) is 7.53. The highest BCUT2D eigenvalue weighted by molar-refractivity contribution is 5.91. The summed E-state index contributed by atoms with van der Waals surface area (Å²) >= 11 is 0. The first-order chi connectivity index (χ1) is 8.16. The van der Waals surface area contributed by atoms with E-state index in [9.17, 15) is 4.79 Å². The van der Waals surface area contributed by atoms with Crippen molar-refractivity contribution in [3.05, 3.63) is 47.7 Å². The fraction of sp³-hybridized carbons (Fsp3) is 0.267. The zero-order valence-corrected chi connectivity index (χ0v) is 10.8. The largest absolute Gasteiger partial charge is 0.453 e. The van der Waals surface area contributed by atoms with E-state index in [0.717, 1.165) is 11.3 Å². The number of carbonyl (C=O) groups excluding carboxylic acids is 1. The molecule has 2 rings (SSSR count). The van der Waals surface area contributed by atoms with Gasteiger partial charge in [-0.3, -0.25) is 4.79 Å². The number of furan rings is 1. The third kappa shape index (κ3) is 3.31. The van der Waals surface area contributed by atoms with Crippen LogP contribution in [0.15, 0.2) is 40.8 Å². The Balaban J connectivity index is 0.000000686. The second kappa shape index (κ2) is 6.04. The summed E-state index contributed by atoms with van der Waals surface area (Å²) in [6.07, 6.45) is 0. The van der Waals surface area contributed by atoms with Crippen LogP contribution in [0.25, 0.3) is 11.3 Å². The Morgan fingerprint density at radius 3 is 2.06 bits per heavy atom. The fourth-order valence-electron chi connectivity index (χ4n) is 1.40. The topological polar surface area (TPSA) is 30.2 Å². The van der Waals surface area contributed by atoms with Gasteiger partial charge in [-0.2, -0.15) is 0 Å². The predicted octanol–water partition coefficient (Wildman–Crippen LogP) is 4.48. The smallest absolute Gasteiger partial charge is 0.194 e. The minimum atomic E-state index is -0.0478. The van der Waals surface area contributed by atoms with E-state index in [1.165, 1.54) is 12.5 Å². The van der Waals surface area contributed by atoms with Crippen LogP contribution in [0, 0.1) is 6.92 Å². The van der Waals surface area contributed by atoms with Crippen LogP contribution in [-0.2, 0) is 0 Å². The van der Waals surface area contributed by atoms with Crippen molar-refractivity contribution in [2.24, 2.45) is 0 Å². The van der Waals surface area contributed by atoms with Gasteiger partial charge in [0.05, 0.1) is 0 Å². The Morgan fingerprint density at radius 1 is 1.00 bits per heavy atom. The standard InChI is InChI=1S/C13H12O2.C2H6/c1-9-3-5-11(6-4-9)13-8-7-12(15-13)10(2)14;1-2/h3-8H,1-2H3;1-2H3. The molecule has 2 heteroatoms. The third-order valence-electron chi connectivity index (χ3n) is 2.29. The van der Waals surface area contributed by atoms with Gasteiger partial charge in [-0.15, -0.1) is 0 Å². The molecule has 90 valence electrons. The van der Waals surface area contributed by atoms with Crippen LogP contribution in [0.2, 0.25) is 0 Å². The van der Waals surface area contributed by atoms with E-state index in [4.69, 9.17) is 4.42 Å². The first-order valence-electron chi connectivity index (χ1n) is 5.84. The molecule has 2 aromatic rings. The lowest BCUT2D eigenvalue weighted by Crippen LogP contribution is -1.86. The van der Waals surface area contributed by atoms with Gasteiger partial charge in [0.15, 0.2) is 11.5 Å². The first-order valence-corrected chi connectivity index (χ1v) is 5.84. The summed E-state index contributed by atoms with van der Waals surface area (Å²) in [5.41, 5.74) is 2.20. The van der Waals surface area contributed by atoms with E-state index < -0.39 is 0 Å². The second-order valence-corrected chi connectivity index (χ2v) is 3.59. The van der Waals surface area contributed by atoms with E-state index in [0.29, 0.717) is 5.76 Å². The minimum Gasteiger partial charge on any atom is -0.453 e. The van der Waals surface area contributed by atoms with Crippen molar-refractivity contribution < 1.29 is 9.21 Å². The van der Waals surface area contributed by atoms with E-state index in [2.05, 4.69) is 0 Å². The van der Waals surface area contributed by atoms with Crippen molar-refractivity contribution in [2.75, 3.05) is 0 Å². The number of benzene rings is 1. The molecule has 0 bridgehead atoms. The summed E-state index contributed by atoms with van der Waals surface area (Å²) in [6, 6.07) is 11.5. The average Bonchev–Trinajstić information content (AvgIpc) is 2.82. The van der Waals surface area contributed by atoms with Gasteiger partial charge in [-0.05, 0) is 19.1 Å².